The molecule has 1 heterocycles. The van der Waals surface area contributed by atoms with E-state index in [4.69, 9.17) is 4.74 Å². The smallest absolute Gasteiger partial charge is 0.193 e. The second kappa shape index (κ2) is 9.52. The van der Waals surface area contributed by atoms with Crippen molar-refractivity contribution in [2.45, 2.75) is 38.8 Å². The highest BCUT2D eigenvalue weighted by Crippen LogP contribution is 2.19. The molecule has 0 amide bonds. The van der Waals surface area contributed by atoms with Gasteiger partial charge in [-0.1, -0.05) is 31.5 Å². The summed E-state index contributed by atoms with van der Waals surface area (Å²) >= 11 is 0. The van der Waals surface area contributed by atoms with Crippen LogP contribution in [0.2, 0.25) is 0 Å². The van der Waals surface area contributed by atoms with Crippen LogP contribution >= 0.6 is 0 Å². The summed E-state index contributed by atoms with van der Waals surface area (Å²) in [5.41, 5.74) is 1.17. The lowest BCUT2D eigenvalue weighted by atomic mass is 10.0. The largest absolute Gasteiger partial charge is 0.496 e. The third kappa shape index (κ3) is 4.87. The highest BCUT2D eigenvalue weighted by atomic mass is 16.5. The molecule has 0 aromatic heterocycles. The van der Waals surface area contributed by atoms with E-state index in [1.54, 1.807) is 7.11 Å². The Balaban J connectivity index is 1.93. The third-order valence-corrected chi connectivity index (χ3v) is 4.82. The van der Waals surface area contributed by atoms with Gasteiger partial charge in [0, 0.05) is 38.8 Å². The second-order valence-electron chi connectivity index (χ2n) is 6.37. The number of benzene rings is 1. The van der Waals surface area contributed by atoms with E-state index in [0.717, 1.165) is 31.3 Å². The summed E-state index contributed by atoms with van der Waals surface area (Å²) < 4.78 is 5.45. The fraction of sp³-hybridized carbons (Fsp3) is 0.632. The first-order valence-corrected chi connectivity index (χ1v) is 8.97. The van der Waals surface area contributed by atoms with E-state index in [-0.39, 0.29) is 0 Å². The summed E-state index contributed by atoms with van der Waals surface area (Å²) in [5.74, 6) is 1.85. The number of hydrogen-bond acceptors (Lipinski definition) is 3. The van der Waals surface area contributed by atoms with E-state index in [1.165, 1.54) is 31.4 Å². The summed E-state index contributed by atoms with van der Waals surface area (Å²) in [4.78, 5) is 9.17. The number of hydrogen-bond donors (Lipinski definition) is 1. The number of rotatable bonds is 6. The van der Waals surface area contributed by atoms with Crippen molar-refractivity contribution in [1.82, 2.24) is 15.1 Å². The van der Waals surface area contributed by atoms with Gasteiger partial charge in [-0.15, -0.1) is 0 Å². The highest BCUT2D eigenvalue weighted by molar-refractivity contribution is 5.79. The van der Waals surface area contributed by atoms with Crippen LogP contribution in [0.5, 0.6) is 5.75 Å². The molecule has 2 rings (SSSR count). The first-order valence-electron chi connectivity index (χ1n) is 8.97. The normalized spacial score (nSPS) is 19.2. The Morgan fingerprint density at radius 2 is 2.17 bits per heavy atom. The standard InChI is InChI=1S/C19H32N4O/c1-5-23-13-9-8-11-17(23)14-21-19(20-2)22(3)15-16-10-6-7-12-18(16)24-4/h6-7,10,12,17H,5,8-9,11,13-15H2,1-4H3,(H,20,21). The van der Waals surface area contributed by atoms with Gasteiger partial charge in [-0.2, -0.15) is 0 Å². The number of likely N-dealkylation sites (tertiary alicyclic amines) is 1. The van der Waals surface area contributed by atoms with E-state index in [2.05, 4.69) is 40.1 Å². The average Bonchev–Trinajstić information content (AvgIpc) is 2.63. The predicted octanol–water partition coefficient (Wildman–Crippen LogP) is 2.58. The van der Waals surface area contributed by atoms with Gasteiger partial charge in [0.2, 0.25) is 0 Å². The molecule has 0 spiro atoms. The van der Waals surface area contributed by atoms with Gasteiger partial charge >= 0.3 is 0 Å². The molecular weight excluding hydrogens is 300 g/mol. The molecule has 134 valence electrons. The summed E-state index contributed by atoms with van der Waals surface area (Å²) in [6.07, 6.45) is 3.93. The molecular formula is C19H32N4O. The number of methoxy groups -OCH3 is 1. The lowest BCUT2D eigenvalue weighted by molar-refractivity contribution is 0.156. The Labute approximate surface area is 146 Å². The number of piperidine rings is 1. The summed E-state index contributed by atoms with van der Waals surface area (Å²) in [7, 11) is 5.63. The molecule has 1 saturated heterocycles. The van der Waals surface area contributed by atoms with Gasteiger partial charge < -0.3 is 15.0 Å². The topological polar surface area (TPSA) is 40.1 Å². The predicted molar refractivity (Wildman–Crippen MR) is 101 cm³/mol. The fourth-order valence-electron chi connectivity index (χ4n) is 3.47. The Morgan fingerprint density at radius 1 is 1.38 bits per heavy atom. The van der Waals surface area contributed by atoms with Crippen molar-refractivity contribution in [2.75, 3.05) is 40.8 Å². The molecule has 24 heavy (non-hydrogen) atoms. The first-order chi connectivity index (χ1) is 11.7. The SMILES string of the molecule is CCN1CCCCC1CNC(=NC)N(C)Cc1ccccc1OC. The lowest BCUT2D eigenvalue weighted by Gasteiger charge is -2.35. The zero-order valence-corrected chi connectivity index (χ0v) is 15.6. The van der Waals surface area contributed by atoms with Gasteiger partial charge in [0.15, 0.2) is 5.96 Å². The second-order valence-corrected chi connectivity index (χ2v) is 6.37. The number of nitrogens with one attached hydrogen (secondary N) is 1. The molecule has 1 atom stereocenters. The van der Waals surface area contributed by atoms with E-state index in [9.17, 15) is 0 Å². The van der Waals surface area contributed by atoms with Crippen LogP contribution in [0.25, 0.3) is 0 Å². The Hall–Kier alpha value is -1.75. The van der Waals surface area contributed by atoms with Crippen LogP contribution in [-0.4, -0.2) is 62.6 Å². The van der Waals surface area contributed by atoms with Crippen molar-refractivity contribution in [2.24, 2.45) is 4.99 Å². The Bertz CT molecular complexity index is 532. The van der Waals surface area contributed by atoms with Gasteiger partial charge in [0.1, 0.15) is 5.75 Å². The zero-order valence-electron chi connectivity index (χ0n) is 15.6. The number of para-hydroxylation sites is 1. The number of guanidine groups is 1. The molecule has 1 fully saturated rings. The highest BCUT2D eigenvalue weighted by Gasteiger charge is 2.21. The minimum absolute atomic E-state index is 0.611. The van der Waals surface area contributed by atoms with E-state index in [1.807, 2.05) is 25.2 Å². The van der Waals surface area contributed by atoms with Crippen LogP contribution in [0.4, 0.5) is 0 Å². The minimum Gasteiger partial charge on any atom is -0.496 e. The molecule has 5 heteroatoms. The van der Waals surface area contributed by atoms with Crippen LogP contribution in [0, 0.1) is 0 Å². The molecule has 1 aromatic rings. The van der Waals surface area contributed by atoms with Crippen LogP contribution in [0.15, 0.2) is 29.3 Å². The van der Waals surface area contributed by atoms with Crippen molar-refractivity contribution in [1.29, 1.82) is 0 Å². The maximum absolute atomic E-state index is 5.45. The summed E-state index contributed by atoms with van der Waals surface area (Å²) in [6, 6.07) is 8.75. The van der Waals surface area contributed by atoms with Crippen molar-refractivity contribution < 1.29 is 4.74 Å². The number of likely N-dealkylation sites (N-methyl/N-ethyl adjacent to an activating group) is 1. The maximum Gasteiger partial charge on any atom is 0.193 e. The molecule has 1 aromatic carbocycles. The number of ether oxygens (including phenoxy) is 1. The van der Waals surface area contributed by atoms with Gasteiger partial charge in [0.25, 0.3) is 0 Å². The van der Waals surface area contributed by atoms with E-state index < -0.39 is 0 Å². The average molecular weight is 332 g/mol. The Kier molecular flexibility index (Phi) is 7.37. The monoisotopic (exact) mass is 332 g/mol. The fourth-order valence-corrected chi connectivity index (χ4v) is 3.47. The van der Waals surface area contributed by atoms with Crippen molar-refractivity contribution >= 4 is 5.96 Å². The molecule has 0 bridgehead atoms. The molecule has 0 saturated carbocycles. The Morgan fingerprint density at radius 3 is 2.88 bits per heavy atom. The lowest BCUT2D eigenvalue weighted by Crippen LogP contribution is -2.49. The molecule has 1 aliphatic rings. The minimum atomic E-state index is 0.611. The molecule has 0 radical (unpaired) electrons. The number of nitrogens with zero attached hydrogens (tertiary/aromatic N) is 3. The summed E-state index contributed by atoms with van der Waals surface area (Å²) in [5, 5.41) is 3.55. The van der Waals surface area contributed by atoms with Crippen LogP contribution < -0.4 is 10.1 Å². The molecule has 1 unspecified atom stereocenters. The van der Waals surface area contributed by atoms with Gasteiger partial charge in [-0.05, 0) is 32.0 Å². The van der Waals surface area contributed by atoms with Crippen LogP contribution in [0.3, 0.4) is 0 Å². The third-order valence-electron chi connectivity index (χ3n) is 4.82. The molecule has 0 aliphatic carbocycles. The zero-order chi connectivity index (χ0) is 17.4. The van der Waals surface area contributed by atoms with Crippen LogP contribution in [0.1, 0.15) is 31.7 Å². The quantitative estimate of drug-likeness (QED) is 0.642. The van der Waals surface area contributed by atoms with E-state index in [0.29, 0.717) is 6.04 Å². The number of aliphatic imine (C=N–C) groups is 1. The van der Waals surface area contributed by atoms with Crippen LogP contribution in [-0.2, 0) is 6.54 Å². The summed E-state index contributed by atoms with van der Waals surface area (Å²) in [6.45, 7) is 6.32. The first kappa shape index (κ1) is 18.6. The van der Waals surface area contributed by atoms with Gasteiger partial charge in [0.05, 0.1) is 7.11 Å². The van der Waals surface area contributed by atoms with Crippen molar-refractivity contribution in [3.05, 3.63) is 29.8 Å². The van der Waals surface area contributed by atoms with Gasteiger partial charge in [-0.3, -0.25) is 9.89 Å². The van der Waals surface area contributed by atoms with Crippen molar-refractivity contribution in [3.8, 4) is 5.75 Å². The van der Waals surface area contributed by atoms with Gasteiger partial charge in [-0.25, -0.2) is 0 Å². The molecule has 1 N–H and O–H groups in total. The molecule has 5 nitrogen and oxygen atoms in total. The maximum atomic E-state index is 5.45. The van der Waals surface area contributed by atoms with E-state index >= 15 is 0 Å². The molecule has 1 aliphatic heterocycles. The van der Waals surface area contributed by atoms with Crippen molar-refractivity contribution in [3.63, 3.8) is 0 Å².